The molecule has 110 valence electrons. The lowest BCUT2D eigenvalue weighted by atomic mass is 10.1. The van der Waals surface area contributed by atoms with Crippen LogP contribution < -0.4 is 10.0 Å². The molecule has 2 rings (SSSR count). The van der Waals surface area contributed by atoms with Crippen molar-refractivity contribution >= 4 is 34.0 Å². The van der Waals surface area contributed by atoms with E-state index in [-0.39, 0.29) is 33.9 Å². The summed E-state index contributed by atoms with van der Waals surface area (Å²) in [6, 6.07) is 6.11. The second-order valence-electron chi connectivity index (χ2n) is 4.39. The van der Waals surface area contributed by atoms with Gasteiger partial charge in [0.1, 0.15) is 11.0 Å². The topological polar surface area (TPSA) is 82.0 Å². The van der Waals surface area contributed by atoms with Crippen LogP contribution in [0.2, 0.25) is 5.02 Å². The minimum atomic E-state index is -3.72. The summed E-state index contributed by atoms with van der Waals surface area (Å²) in [7, 11) is -3.72. The zero-order chi connectivity index (χ0) is 13.9. The van der Waals surface area contributed by atoms with Crippen molar-refractivity contribution < 1.29 is 8.42 Å². The molecule has 0 saturated carbocycles. The molecule has 0 bridgehead atoms. The molecule has 1 aliphatic heterocycles. The average Bonchev–Trinajstić information content (AvgIpc) is 2.39. The lowest BCUT2D eigenvalue weighted by Crippen LogP contribution is -2.45. The molecule has 5 nitrogen and oxygen atoms in total. The standard InChI is InChI=1S/C12H14ClN3O2S.ClH/c13-11-4-1-5-12(10(11)7-14)19(17,18)16-9-3-2-6-15-8-9;/h1,4-5,9,15-16H,2-3,6,8H2;1H. The number of nitrogens with one attached hydrogen (secondary N) is 2. The summed E-state index contributed by atoms with van der Waals surface area (Å²) < 4.78 is 27.2. The first-order chi connectivity index (χ1) is 9.04. The van der Waals surface area contributed by atoms with Gasteiger partial charge in [0.25, 0.3) is 0 Å². The third kappa shape index (κ3) is 3.84. The molecular weight excluding hydrogens is 321 g/mol. The van der Waals surface area contributed by atoms with Crippen LogP contribution in [-0.4, -0.2) is 27.5 Å². The highest BCUT2D eigenvalue weighted by Crippen LogP contribution is 2.23. The van der Waals surface area contributed by atoms with Crippen LogP contribution in [0.5, 0.6) is 0 Å². The van der Waals surface area contributed by atoms with Gasteiger partial charge in [-0.2, -0.15) is 5.26 Å². The van der Waals surface area contributed by atoms with E-state index in [1.165, 1.54) is 18.2 Å². The first-order valence-corrected chi connectivity index (χ1v) is 7.82. The number of piperidine rings is 1. The van der Waals surface area contributed by atoms with Crippen molar-refractivity contribution in [2.24, 2.45) is 0 Å². The molecule has 2 N–H and O–H groups in total. The van der Waals surface area contributed by atoms with E-state index in [0.29, 0.717) is 6.54 Å². The van der Waals surface area contributed by atoms with Gasteiger partial charge >= 0.3 is 0 Å². The second-order valence-corrected chi connectivity index (χ2v) is 6.48. The van der Waals surface area contributed by atoms with Crippen LogP contribution in [0.4, 0.5) is 0 Å². The van der Waals surface area contributed by atoms with E-state index in [4.69, 9.17) is 16.9 Å². The Hall–Kier alpha value is -0.840. The van der Waals surface area contributed by atoms with Crippen LogP contribution in [0.25, 0.3) is 0 Å². The monoisotopic (exact) mass is 335 g/mol. The summed E-state index contributed by atoms with van der Waals surface area (Å²) in [6.07, 6.45) is 1.71. The second kappa shape index (κ2) is 7.25. The molecule has 1 aliphatic rings. The highest BCUT2D eigenvalue weighted by Gasteiger charge is 2.24. The Balaban J connectivity index is 0.00000200. The minimum Gasteiger partial charge on any atom is -0.315 e. The number of hydrogen-bond acceptors (Lipinski definition) is 4. The summed E-state index contributed by atoms with van der Waals surface area (Å²) in [5.74, 6) is 0. The maximum absolute atomic E-state index is 12.3. The van der Waals surface area contributed by atoms with Crippen molar-refractivity contribution in [2.45, 2.75) is 23.8 Å². The van der Waals surface area contributed by atoms with Gasteiger partial charge in [-0.1, -0.05) is 17.7 Å². The molecule has 8 heteroatoms. The lowest BCUT2D eigenvalue weighted by Gasteiger charge is -2.23. The number of sulfonamides is 1. The molecule has 1 aromatic rings. The van der Waals surface area contributed by atoms with Crippen molar-refractivity contribution in [1.82, 2.24) is 10.0 Å². The molecule has 0 aromatic heterocycles. The van der Waals surface area contributed by atoms with E-state index < -0.39 is 10.0 Å². The normalized spacial score (nSPS) is 18.9. The number of rotatable bonds is 3. The predicted octanol–water partition coefficient (Wildman–Crippen LogP) is 1.66. The molecule has 1 atom stereocenters. The molecule has 0 radical (unpaired) electrons. The third-order valence-electron chi connectivity index (χ3n) is 3.00. The molecule has 1 unspecified atom stereocenters. The summed E-state index contributed by atoms with van der Waals surface area (Å²) >= 11 is 5.85. The SMILES string of the molecule is Cl.N#Cc1c(Cl)cccc1S(=O)(=O)NC1CCCNC1. The van der Waals surface area contributed by atoms with E-state index in [2.05, 4.69) is 10.0 Å². The number of nitriles is 1. The van der Waals surface area contributed by atoms with Crippen LogP contribution in [0, 0.1) is 11.3 Å². The Kier molecular flexibility index (Phi) is 6.24. The van der Waals surface area contributed by atoms with Gasteiger partial charge in [0.05, 0.1) is 10.6 Å². The first-order valence-electron chi connectivity index (χ1n) is 5.96. The van der Waals surface area contributed by atoms with E-state index in [1.54, 1.807) is 0 Å². The molecule has 20 heavy (non-hydrogen) atoms. The number of nitrogens with zero attached hydrogens (tertiary/aromatic N) is 1. The Labute approximate surface area is 129 Å². The third-order valence-corrected chi connectivity index (χ3v) is 4.87. The van der Waals surface area contributed by atoms with Crippen molar-refractivity contribution in [2.75, 3.05) is 13.1 Å². The smallest absolute Gasteiger partial charge is 0.242 e. The zero-order valence-corrected chi connectivity index (χ0v) is 13.0. The van der Waals surface area contributed by atoms with E-state index in [1.807, 2.05) is 6.07 Å². The van der Waals surface area contributed by atoms with Gasteiger partial charge in [0.2, 0.25) is 10.0 Å². The van der Waals surface area contributed by atoms with Crippen LogP contribution in [0.1, 0.15) is 18.4 Å². The zero-order valence-electron chi connectivity index (χ0n) is 10.6. The molecule has 1 fully saturated rings. The lowest BCUT2D eigenvalue weighted by molar-refractivity contribution is 0.428. The van der Waals surface area contributed by atoms with E-state index in [9.17, 15) is 8.42 Å². The molecule has 1 saturated heterocycles. The summed E-state index contributed by atoms with van der Waals surface area (Å²) in [6.45, 7) is 1.50. The minimum absolute atomic E-state index is 0. The molecule has 0 aliphatic carbocycles. The van der Waals surface area contributed by atoms with Crippen molar-refractivity contribution in [3.63, 3.8) is 0 Å². The highest BCUT2D eigenvalue weighted by molar-refractivity contribution is 7.89. The Morgan fingerprint density at radius 3 is 2.80 bits per heavy atom. The van der Waals surface area contributed by atoms with Crippen LogP contribution in [0.3, 0.4) is 0 Å². The highest BCUT2D eigenvalue weighted by atomic mass is 35.5. The van der Waals surface area contributed by atoms with Gasteiger partial charge in [-0.3, -0.25) is 0 Å². The molecule has 1 aromatic carbocycles. The molecule has 0 amide bonds. The number of hydrogen-bond donors (Lipinski definition) is 2. The predicted molar refractivity (Wildman–Crippen MR) is 79.6 cm³/mol. The van der Waals surface area contributed by atoms with Gasteiger partial charge in [0.15, 0.2) is 0 Å². The summed E-state index contributed by atoms with van der Waals surface area (Å²) in [4.78, 5) is -0.0620. The van der Waals surface area contributed by atoms with Crippen molar-refractivity contribution in [1.29, 1.82) is 5.26 Å². The quantitative estimate of drug-likeness (QED) is 0.880. The van der Waals surface area contributed by atoms with Crippen molar-refractivity contribution in [3.05, 3.63) is 28.8 Å². The fourth-order valence-corrected chi connectivity index (χ4v) is 3.79. The van der Waals surface area contributed by atoms with Gasteiger partial charge in [-0.15, -0.1) is 12.4 Å². The fraction of sp³-hybridized carbons (Fsp3) is 0.417. The van der Waals surface area contributed by atoms with Gasteiger partial charge in [-0.25, -0.2) is 13.1 Å². The molecule has 1 heterocycles. The van der Waals surface area contributed by atoms with E-state index >= 15 is 0 Å². The first kappa shape index (κ1) is 17.2. The maximum atomic E-state index is 12.3. The van der Waals surface area contributed by atoms with Crippen LogP contribution >= 0.6 is 24.0 Å². The molecule has 0 spiro atoms. The van der Waals surface area contributed by atoms with Gasteiger partial charge in [-0.05, 0) is 31.5 Å². The van der Waals surface area contributed by atoms with Gasteiger partial charge < -0.3 is 5.32 Å². The summed E-state index contributed by atoms with van der Waals surface area (Å²) in [5, 5.41) is 12.3. The fourth-order valence-electron chi connectivity index (χ4n) is 2.07. The maximum Gasteiger partial charge on any atom is 0.242 e. The average molecular weight is 336 g/mol. The number of benzene rings is 1. The Bertz CT molecular complexity index is 608. The van der Waals surface area contributed by atoms with Crippen molar-refractivity contribution in [3.8, 4) is 6.07 Å². The van der Waals surface area contributed by atoms with Gasteiger partial charge in [0, 0.05) is 12.6 Å². The van der Waals surface area contributed by atoms with Crippen LogP contribution in [0.15, 0.2) is 23.1 Å². The summed E-state index contributed by atoms with van der Waals surface area (Å²) in [5.41, 5.74) is -0.0135. The molecular formula is C12H15Cl2N3O2S. The van der Waals surface area contributed by atoms with Crippen LogP contribution in [-0.2, 0) is 10.0 Å². The Morgan fingerprint density at radius 1 is 1.45 bits per heavy atom. The number of halogens is 2. The van der Waals surface area contributed by atoms with E-state index in [0.717, 1.165) is 19.4 Å². The Morgan fingerprint density at radius 2 is 2.20 bits per heavy atom. The largest absolute Gasteiger partial charge is 0.315 e.